The van der Waals surface area contributed by atoms with Crippen molar-refractivity contribution in [2.24, 2.45) is 5.41 Å². The Hall–Kier alpha value is -0.670. The van der Waals surface area contributed by atoms with Gasteiger partial charge in [-0.05, 0) is 38.8 Å². The van der Waals surface area contributed by atoms with E-state index in [-0.39, 0.29) is 28.5 Å². The van der Waals surface area contributed by atoms with Crippen molar-refractivity contribution in [2.45, 2.75) is 64.4 Å². The van der Waals surface area contributed by atoms with Crippen LogP contribution < -0.4 is 0 Å². The molecule has 2 saturated heterocycles. The van der Waals surface area contributed by atoms with E-state index in [0.717, 1.165) is 12.0 Å². The summed E-state index contributed by atoms with van der Waals surface area (Å²) in [6, 6.07) is 0. The molecule has 2 aliphatic heterocycles. The van der Waals surface area contributed by atoms with Gasteiger partial charge in [0.1, 0.15) is 17.3 Å². The topological polar surface area (TPSA) is 42.1 Å². The summed E-state index contributed by atoms with van der Waals surface area (Å²) in [5.41, 5.74) is 0.542. The molecule has 0 aromatic heterocycles. The van der Waals surface area contributed by atoms with Gasteiger partial charge in [0.2, 0.25) is 0 Å². The van der Waals surface area contributed by atoms with E-state index in [4.69, 9.17) is 9.47 Å². The van der Waals surface area contributed by atoms with Crippen LogP contribution in [0.3, 0.4) is 0 Å². The lowest BCUT2D eigenvalue weighted by atomic mass is 9.61. The number of ketones is 1. The van der Waals surface area contributed by atoms with Gasteiger partial charge in [0, 0.05) is 5.41 Å². The largest absolute Gasteiger partial charge is 0.366 e. The Morgan fingerprint density at radius 1 is 1.29 bits per heavy atom. The Bertz CT molecular complexity index is 430. The zero-order chi connectivity index (χ0) is 12.6. The minimum atomic E-state index is -0.302. The lowest BCUT2D eigenvalue weighted by Gasteiger charge is -2.37. The summed E-state index contributed by atoms with van der Waals surface area (Å²) in [6.45, 7) is 10.2. The maximum atomic E-state index is 11.3. The summed E-state index contributed by atoms with van der Waals surface area (Å²) in [7, 11) is 0. The monoisotopic (exact) mass is 236 g/mol. The highest BCUT2D eigenvalue weighted by Gasteiger charge is 2.85. The third kappa shape index (κ3) is 1.17. The van der Waals surface area contributed by atoms with Crippen LogP contribution in [-0.2, 0) is 14.3 Å². The molecule has 4 unspecified atom stereocenters. The van der Waals surface area contributed by atoms with E-state index in [1.165, 1.54) is 0 Å². The van der Waals surface area contributed by atoms with Crippen LogP contribution in [0, 0.1) is 5.41 Å². The van der Waals surface area contributed by atoms with Gasteiger partial charge in [-0.3, -0.25) is 4.79 Å². The molecule has 3 heteroatoms. The highest BCUT2D eigenvalue weighted by molar-refractivity contribution is 5.88. The number of fused-ring (bicyclic) bond motifs is 3. The van der Waals surface area contributed by atoms with Crippen LogP contribution in [-0.4, -0.2) is 29.2 Å². The molecule has 1 aliphatic carbocycles. The first-order valence-electron chi connectivity index (χ1n) is 6.29. The molecule has 3 rings (SSSR count). The number of hydrogen-bond donors (Lipinski definition) is 0. The van der Waals surface area contributed by atoms with E-state index in [0.29, 0.717) is 6.10 Å². The maximum Gasteiger partial charge on any atom is 0.152 e. The Balaban J connectivity index is 2.04. The van der Waals surface area contributed by atoms with Crippen LogP contribution >= 0.6 is 0 Å². The molecular weight excluding hydrogens is 216 g/mol. The summed E-state index contributed by atoms with van der Waals surface area (Å²) < 4.78 is 11.9. The maximum absolute atomic E-state index is 11.3. The van der Waals surface area contributed by atoms with Crippen LogP contribution in [0.1, 0.15) is 41.0 Å². The second kappa shape index (κ2) is 2.83. The van der Waals surface area contributed by atoms with Crippen molar-refractivity contribution in [1.29, 1.82) is 0 Å². The fourth-order valence-corrected chi connectivity index (χ4v) is 4.20. The summed E-state index contributed by atoms with van der Waals surface area (Å²) in [6.07, 6.45) is 3.31. The first-order valence-corrected chi connectivity index (χ1v) is 6.29. The van der Waals surface area contributed by atoms with E-state index in [1.54, 1.807) is 13.0 Å². The number of rotatable bonds is 2. The van der Waals surface area contributed by atoms with Gasteiger partial charge in [-0.25, -0.2) is 0 Å². The number of carbonyl (C=O) groups excluding carboxylic acids is 1. The molecule has 4 atom stereocenters. The predicted octanol–water partition coefficient (Wildman–Crippen LogP) is 2.25. The third-order valence-corrected chi connectivity index (χ3v) is 4.79. The Kier molecular flexibility index (Phi) is 1.90. The highest BCUT2D eigenvalue weighted by Crippen LogP contribution is 2.72. The Morgan fingerprint density at radius 3 is 2.53 bits per heavy atom. The van der Waals surface area contributed by atoms with Gasteiger partial charge in [0.15, 0.2) is 5.78 Å². The molecule has 0 aromatic rings. The van der Waals surface area contributed by atoms with Gasteiger partial charge >= 0.3 is 0 Å². The zero-order valence-electron chi connectivity index (χ0n) is 11.2. The van der Waals surface area contributed by atoms with Crippen molar-refractivity contribution in [2.75, 3.05) is 0 Å². The summed E-state index contributed by atoms with van der Waals surface area (Å²) in [4.78, 5) is 11.3. The Labute approximate surface area is 102 Å². The lowest BCUT2D eigenvalue weighted by Crippen LogP contribution is -2.47. The van der Waals surface area contributed by atoms with Crippen LogP contribution in [0.15, 0.2) is 11.6 Å². The van der Waals surface area contributed by atoms with Crippen molar-refractivity contribution in [3.63, 3.8) is 0 Å². The van der Waals surface area contributed by atoms with E-state index in [9.17, 15) is 4.79 Å². The Morgan fingerprint density at radius 2 is 1.94 bits per heavy atom. The standard InChI is InChI=1S/C14H20O3/c1-8(6-9(2)15)14-12(3,4)7-10-11(16-10)13(14,5)17-14/h6,10-11H,7H2,1-5H3/b8-6+. The number of hydrogen-bond acceptors (Lipinski definition) is 3. The van der Waals surface area contributed by atoms with Gasteiger partial charge in [0.05, 0.1) is 6.10 Å². The number of epoxide rings is 2. The van der Waals surface area contributed by atoms with Crippen LogP contribution in [0.4, 0.5) is 0 Å². The van der Waals surface area contributed by atoms with Crippen molar-refractivity contribution in [3.8, 4) is 0 Å². The molecule has 0 aromatic carbocycles. The summed E-state index contributed by atoms with van der Waals surface area (Å²) in [5, 5.41) is 0. The summed E-state index contributed by atoms with van der Waals surface area (Å²) >= 11 is 0. The van der Waals surface area contributed by atoms with Gasteiger partial charge in [-0.15, -0.1) is 0 Å². The quantitative estimate of drug-likeness (QED) is 0.545. The van der Waals surface area contributed by atoms with Crippen molar-refractivity contribution in [1.82, 2.24) is 0 Å². The molecule has 17 heavy (non-hydrogen) atoms. The normalized spacial score (nSPS) is 50.3. The molecule has 3 nitrogen and oxygen atoms in total. The van der Waals surface area contributed by atoms with Gasteiger partial charge in [0.25, 0.3) is 0 Å². The molecule has 0 N–H and O–H groups in total. The number of ether oxygens (including phenoxy) is 2. The number of allylic oxidation sites excluding steroid dienone is 1. The van der Waals surface area contributed by atoms with Crippen molar-refractivity contribution in [3.05, 3.63) is 11.6 Å². The average Bonchev–Trinajstić information content (AvgIpc) is 2.98. The SMILES string of the molecule is CC(=O)/C=C(\C)C12OC1(C)C1OC1CC2(C)C. The number of carbonyl (C=O) groups is 1. The molecule has 94 valence electrons. The van der Waals surface area contributed by atoms with Crippen molar-refractivity contribution >= 4 is 5.78 Å². The zero-order valence-corrected chi connectivity index (χ0v) is 11.2. The van der Waals surface area contributed by atoms with Crippen molar-refractivity contribution < 1.29 is 14.3 Å². The average molecular weight is 236 g/mol. The second-order valence-electron chi connectivity index (χ2n) is 6.51. The van der Waals surface area contributed by atoms with E-state index >= 15 is 0 Å². The molecule has 0 amide bonds. The molecule has 1 saturated carbocycles. The van der Waals surface area contributed by atoms with Gasteiger partial charge in [-0.2, -0.15) is 0 Å². The first kappa shape index (κ1) is 11.4. The lowest BCUT2D eigenvalue weighted by molar-refractivity contribution is -0.112. The molecule has 0 spiro atoms. The molecule has 2 heterocycles. The van der Waals surface area contributed by atoms with E-state index in [2.05, 4.69) is 20.8 Å². The fraction of sp³-hybridized carbons (Fsp3) is 0.786. The molecular formula is C14H20O3. The minimum absolute atomic E-state index is 0.0233. The van der Waals surface area contributed by atoms with E-state index in [1.807, 2.05) is 6.92 Å². The smallest absolute Gasteiger partial charge is 0.152 e. The first-order chi connectivity index (χ1) is 7.74. The fourth-order valence-electron chi connectivity index (χ4n) is 4.20. The molecule has 0 radical (unpaired) electrons. The van der Waals surface area contributed by atoms with Crippen LogP contribution in [0.2, 0.25) is 0 Å². The van der Waals surface area contributed by atoms with Gasteiger partial charge < -0.3 is 9.47 Å². The van der Waals surface area contributed by atoms with Gasteiger partial charge in [-0.1, -0.05) is 13.8 Å². The molecule has 3 fully saturated rings. The predicted molar refractivity (Wildman–Crippen MR) is 63.7 cm³/mol. The second-order valence-corrected chi connectivity index (χ2v) is 6.51. The van der Waals surface area contributed by atoms with Crippen LogP contribution in [0.5, 0.6) is 0 Å². The molecule has 0 bridgehead atoms. The minimum Gasteiger partial charge on any atom is -0.366 e. The third-order valence-electron chi connectivity index (χ3n) is 4.79. The molecule has 3 aliphatic rings. The highest BCUT2D eigenvalue weighted by atomic mass is 16.7. The van der Waals surface area contributed by atoms with Crippen LogP contribution in [0.25, 0.3) is 0 Å². The summed E-state index contributed by atoms with van der Waals surface area (Å²) in [5.74, 6) is 0.0874. The van der Waals surface area contributed by atoms with E-state index < -0.39 is 0 Å².